The minimum Gasteiger partial charge on any atom is -0.444 e. The van der Waals surface area contributed by atoms with Gasteiger partial charge in [0.05, 0.1) is 11.4 Å². The van der Waals surface area contributed by atoms with Crippen LogP contribution in [0, 0.1) is 5.92 Å². The van der Waals surface area contributed by atoms with Crippen LogP contribution in [0.25, 0.3) is 0 Å². The number of carbonyl (C=O) groups excluding carboxylic acids is 3. The molecule has 0 bridgehead atoms. The lowest BCUT2D eigenvalue weighted by Gasteiger charge is -2.19. The molecule has 1 aromatic carbocycles. The molecule has 0 radical (unpaired) electrons. The highest BCUT2D eigenvalue weighted by molar-refractivity contribution is 6.03. The third-order valence-electron chi connectivity index (χ3n) is 3.11. The molecule has 1 aromatic rings. The predicted octanol–water partition coefficient (Wildman–Crippen LogP) is 3.69. The lowest BCUT2D eigenvalue weighted by Crippen LogP contribution is -2.34. The number of para-hydroxylation sites is 2. The summed E-state index contributed by atoms with van der Waals surface area (Å²) in [6.07, 6.45) is 2.77. The first-order valence-electron chi connectivity index (χ1n) is 8.92. The van der Waals surface area contributed by atoms with Gasteiger partial charge in [0.25, 0.3) is 0 Å². The van der Waals surface area contributed by atoms with Gasteiger partial charge in [0.15, 0.2) is 0 Å². The summed E-state index contributed by atoms with van der Waals surface area (Å²) in [5, 5.41) is 8.00. The first kappa shape index (κ1) is 22.2. The Labute approximate surface area is 160 Å². The van der Waals surface area contributed by atoms with Gasteiger partial charge in [-0.25, -0.2) is 4.79 Å². The molecule has 148 valence electrons. The maximum absolute atomic E-state index is 12.1. The van der Waals surface area contributed by atoms with E-state index in [0.29, 0.717) is 11.4 Å². The van der Waals surface area contributed by atoms with Gasteiger partial charge in [-0.1, -0.05) is 32.1 Å². The van der Waals surface area contributed by atoms with Crippen LogP contribution in [0.5, 0.6) is 0 Å². The van der Waals surface area contributed by atoms with Crippen LogP contribution in [0.1, 0.15) is 41.0 Å². The Hall–Kier alpha value is -2.83. The summed E-state index contributed by atoms with van der Waals surface area (Å²) < 4.78 is 5.10. The molecule has 0 atom stereocenters. The summed E-state index contributed by atoms with van der Waals surface area (Å²) in [5.41, 5.74) is 0.406. The van der Waals surface area contributed by atoms with Crippen LogP contribution >= 0.6 is 0 Å². The summed E-state index contributed by atoms with van der Waals surface area (Å²) in [7, 11) is 0. The number of nitrogens with one attached hydrogen (secondary N) is 3. The maximum Gasteiger partial charge on any atom is 0.407 e. The lowest BCUT2D eigenvalue weighted by molar-refractivity contribution is -0.116. The number of hydrogen-bond acceptors (Lipinski definition) is 4. The number of benzene rings is 1. The number of allylic oxidation sites excluding steroid dienone is 1. The molecule has 0 heterocycles. The fourth-order valence-corrected chi connectivity index (χ4v) is 1.96. The highest BCUT2D eigenvalue weighted by Crippen LogP contribution is 2.21. The molecule has 7 heteroatoms. The highest BCUT2D eigenvalue weighted by atomic mass is 16.6. The molecular weight excluding hydrogens is 346 g/mol. The van der Waals surface area contributed by atoms with Crippen molar-refractivity contribution in [2.75, 3.05) is 17.2 Å². The van der Waals surface area contributed by atoms with Gasteiger partial charge < -0.3 is 20.7 Å². The fraction of sp³-hybridized carbons (Fsp3) is 0.450. The molecule has 0 saturated carbocycles. The fourth-order valence-electron chi connectivity index (χ4n) is 1.96. The molecule has 0 spiro atoms. The van der Waals surface area contributed by atoms with Crippen LogP contribution in [0.2, 0.25) is 0 Å². The predicted molar refractivity (Wildman–Crippen MR) is 107 cm³/mol. The van der Waals surface area contributed by atoms with Crippen LogP contribution in [-0.2, 0) is 14.3 Å². The molecule has 0 fully saturated rings. The number of alkyl carbamates (subject to hydrolysis) is 1. The number of hydrogen-bond donors (Lipinski definition) is 3. The van der Waals surface area contributed by atoms with Gasteiger partial charge in [-0.15, -0.1) is 0 Å². The SMILES string of the molecule is CC(C)/C=C/C(=O)Nc1ccccc1NC(=O)CCNC(=O)OC(C)(C)C. The Morgan fingerprint density at radius 2 is 1.67 bits per heavy atom. The quantitative estimate of drug-likeness (QED) is 0.633. The van der Waals surface area contributed by atoms with Crippen molar-refractivity contribution >= 4 is 29.3 Å². The summed E-state index contributed by atoms with van der Waals surface area (Å²) in [4.78, 5) is 35.6. The number of rotatable bonds is 7. The molecule has 0 unspecified atom stereocenters. The van der Waals surface area contributed by atoms with E-state index in [2.05, 4.69) is 16.0 Å². The normalized spacial score (nSPS) is 11.3. The zero-order valence-electron chi connectivity index (χ0n) is 16.6. The standard InChI is InChI=1S/C20H29N3O4/c1-14(2)10-11-17(24)22-15-8-6-7-9-16(15)23-18(25)12-13-21-19(26)27-20(3,4)5/h6-11,14H,12-13H2,1-5H3,(H,21,26)(H,22,24)(H,23,25)/b11-10+. The largest absolute Gasteiger partial charge is 0.444 e. The van der Waals surface area contributed by atoms with E-state index in [1.165, 1.54) is 6.08 Å². The zero-order valence-corrected chi connectivity index (χ0v) is 16.6. The van der Waals surface area contributed by atoms with Crippen molar-refractivity contribution in [2.24, 2.45) is 5.92 Å². The molecular formula is C20H29N3O4. The summed E-state index contributed by atoms with van der Waals surface area (Å²) in [6, 6.07) is 6.92. The molecule has 3 N–H and O–H groups in total. The van der Waals surface area contributed by atoms with Crippen LogP contribution in [0.15, 0.2) is 36.4 Å². The van der Waals surface area contributed by atoms with Crippen molar-refractivity contribution in [1.82, 2.24) is 5.32 Å². The molecule has 1 rings (SSSR count). The van der Waals surface area contributed by atoms with Gasteiger partial charge in [0.1, 0.15) is 5.60 Å². The summed E-state index contributed by atoms with van der Waals surface area (Å²) in [5.74, 6) is -0.286. The maximum atomic E-state index is 12.1. The summed E-state index contributed by atoms with van der Waals surface area (Å²) >= 11 is 0. The van der Waals surface area contributed by atoms with E-state index in [0.717, 1.165) is 0 Å². The van der Waals surface area contributed by atoms with Crippen molar-refractivity contribution in [3.8, 4) is 0 Å². The van der Waals surface area contributed by atoms with E-state index in [1.807, 2.05) is 13.8 Å². The van der Waals surface area contributed by atoms with Gasteiger partial charge in [0, 0.05) is 13.0 Å². The minimum absolute atomic E-state index is 0.0782. The third-order valence-corrected chi connectivity index (χ3v) is 3.11. The minimum atomic E-state index is -0.590. The van der Waals surface area contributed by atoms with Crippen molar-refractivity contribution in [1.29, 1.82) is 0 Å². The lowest BCUT2D eigenvalue weighted by atomic mass is 10.2. The van der Waals surface area contributed by atoms with E-state index in [4.69, 9.17) is 4.74 Å². The smallest absolute Gasteiger partial charge is 0.407 e. The van der Waals surface area contributed by atoms with Gasteiger partial charge in [0.2, 0.25) is 11.8 Å². The Kier molecular flexibility index (Phi) is 8.51. The van der Waals surface area contributed by atoms with E-state index in [1.54, 1.807) is 51.1 Å². The van der Waals surface area contributed by atoms with Crippen molar-refractivity contribution < 1.29 is 19.1 Å². The second kappa shape index (κ2) is 10.4. The van der Waals surface area contributed by atoms with E-state index >= 15 is 0 Å². The Bertz CT molecular complexity index is 691. The van der Waals surface area contributed by atoms with E-state index in [-0.39, 0.29) is 30.7 Å². The molecule has 0 aliphatic heterocycles. The van der Waals surface area contributed by atoms with Crippen LogP contribution < -0.4 is 16.0 Å². The summed E-state index contributed by atoms with van der Waals surface area (Å²) in [6.45, 7) is 9.39. The number of ether oxygens (including phenoxy) is 1. The molecule has 27 heavy (non-hydrogen) atoms. The van der Waals surface area contributed by atoms with Crippen molar-refractivity contribution in [3.05, 3.63) is 36.4 Å². The van der Waals surface area contributed by atoms with Gasteiger partial charge in [-0.3, -0.25) is 9.59 Å². The van der Waals surface area contributed by atoms with Gasteiger partial charge in [-0.05, 0) is 44.9 Å². The molecule has 3 amide bonds. The second-order valence-corrected chi connectivity index (χ2v) is 7.36. The van der Waals surface area contributed by atoms with E-state index in [9.17, 15) is 14.4 Å². The van der Waals surface area contributed by atoms with Gasteiger partial charge in [-0.2, -0.15) is 0 Å². The highest BCUT2D eigenvalue weighted by Gasteiger charge is 2.16. The van der Waals surface area contributed by atoms with Gasteiger partial charge >= 0.3 is 6.09 Å². The average Bonchev–Trinajstić information content (AvgIpc) is 2.53. The molecule has 7 nitrogen and oxygen atoms in total. The average molecular weight is 375 g/mol. The second-order valence-electron chi connectivity index (χ2n) is 7.36. The number of amides is 3. The Balaban J connectivity index is 2.55. The third kappa shape index (κ3) is 10.0. The molecule has 0 aromatic heterocycles. The molecule has 0 saturated heterocycles. The topological polar surface area (TPSA) is 96.5 Å². The monoisotopic (exact) mass is 375 g/mol. The zero-order chi connectivity index (χ0) is 20.4. The van der Waals surface area contributed by atoms with Crippen molar-refractivity contribution in [3.63, 3.8) is 0 Å². The van der Waals surface area contributed by atoms with Crippen LogP contribution in [0.3, 0.4) is 0 Å². The van der Waals surface area contributed by atoms with Crippen LogP contribution in [0.4, 0.5) is 16.2 Å². The molecule has 0 aliphatic carbocycles. The van der Waals surface area contributed by atoms with Crippen molar-refractivity contribution in [2.45, 2.75) is 46.6 Å². The Morgan fingerprint density at radius 3 is 2.22 bits per heavy atom. The first-order chi connectivity index (χ1) is 12.6. The molecule has 0 aliphatic rings. The number of anilines is 2. The first-order valence-corrected chi connectivity index (χ1v) is 8.92. The van der Waals surface area contributed by atoms with Crippen LogP contribution in [-0.4, -0.2) is 30.1 Å². The number of carbonyl (C=O) groups is 3. The Morgan fingerprint density at radius 1 is 1.07 bits per heavy atom. The van der Waals surface area contributed by atoms with E-state index < -0.39 is 11.7 Å².